The monoisotopic (exact) mass is 593 g/mol. The van der Waals surface area contributed by atoms with Gasteiger partial charge in [-0.25, -0.2) is 4.79 Å². The van der Waals surface area contributed by atoms with Gasteiger partial charge in [-0.3, -0.25) is 0 Å². The zero-order valence-corrected chi connectivity index (χ0v) is 24.4. The van der Waals surface area contributed by atoms with Crippen molar-refractivity contribution in [2.75, 3.05) is 6.61 Å². The molecule has 0 radical (unpaired) electrons. The zero-order valence-electron chi connectivity index (χ0n) is 22.1. The van der Waals surface area contributed by atoms with Crippen LogP contribution in [0.25, 0.3) is 33.2 Å². The number of esters is 1. The highest BCUT2D eigenvalue weighted by atomic mass is 35.5. The molecule has 4 aromatic carbocycles. The van der Waals surface area contributed by atoms with Crippen molar-refractivity contribution in [1.82, 2.24) is 5.16 Å². The summed E-state index contributed by atoms with van der Waals surface area (Å²) in [6, 6.07) is 22.7. The highest BCUT2D eigenvalue weighted by molar-refractivity contribution is 6.39. The van der Waals surface area contributed by atoms with Crippen LogP contribution in [0.5, 0.6) is 5.75 Å². The normalized spacial score (nSPS) is 11.3. The summed E-state index contributed by atoms with van der Waals surface area (Å²) in [5.41, 5.74) is 4.18. The average molecular weight is 595 g/mol. The molecule has 5 aromatic rings. The largest absolute Gasteiger partial charge is 0.489 e. The molecule has 0 saturated heterocycles. The Kier molecular flexibility index (Phi) is 8.36. The Balaban J connectivity index is 1.42. The summed E-state index contributed by atoms with van der Waals surface area (Å²) in [6.07, 6.45) is 0. The number of carbonyl (C=O) groups is 1. The number of carbonyl (C=O) groups excluding carboxylic acids is 1. The molecule has 1 heterocycles. The molecule has 0 aliphatic rings. The van der Waals surface area contributed by atoms with E-state index in [2.05, 4.69) is 11.2 Å². The van der Waals surface area contributed by atoms with Gasteiger partial charge in [-0.15, -0.1) is 0 Å². The van der Waals surface area contributed by atoms with Crippen LogP contribution in [0.3, 0.4) is 0 Å². The number of rotatable bonds is 8. The second kappa shape index (κ2) is 11.9. The third-order valence-electron chi connectivity index (χ3n) is 6.53. The SMILES string of the molecule is CCOC(=O)c1cc(-c2ccc3cc(OCc4c(-c5c(Cl)cccc5Cl)noc4C(C)C)ccc3c2)ccc1Cl. The van der Waals surface area contributed by atoms with E-state index in [1.165, 1.54) is 0 Å². The fraction of sp³-hybridized carbons (Fsp3) is 0.188. The van der Waals surface area contributed by atoms with E-state index in [1.54, 1.807) is 37.3 Å². The summed E-state index contributed by atoms with van der Waals surface area (Å²) in [6.45, 7) is 6.35. The first-order valence-corrected chi connectivity index (χ1v) is 14.0. The number of hydrogen-bond donors (Lipinski definition) is 0. The molecule has 0 fully saturated rings. The van der Waals surface area contributed by atoms with Gasteiger partial charge in [-0.2, -0.15) is 0 Å². The molecule has 0 unspecified atom stereocenters. The van der Waals surface area contributed by atoms with E-state index in [1.807, 2.05) is 50.2 Å². The molecule has 0 aliphatic heterocycles. The Labute approximate surface area is 247 Å². The molecule has 204 valence electrons. The predicted molar refractivity (Wildman–Crippen MR) is 161 cm³/mol. The fourth-order valence-corrected chi connectivity index (χ4v) is 5.33. The van der Waals surface area contributed by atoms with Crippen molar-refractivity contribution < 1.29 is 18.8 Å². The van der Waals surface area contributed by atoms with Crippen LogP contribution in [-0.2, 0) is 11.3 Å². The molecule has 0 bridgehead atoms. The summed E-state index contributed by atoms with van der Waals surface area (Å²) in [4.78, 5) is 12.3. The maximum absolute atomic E-state index is 12.3. The quantitative estimate of drug-likeness (QED) is 0.167. The molecule has 0 saturated carbocycles. The molecule has 5 rings (SSSR count). The predicted octanol–water partition coefficient (Wildman–Crippen LogP) is 10.0. The van der Waals surface area contributed by atoms with Crippen molar-refractivity contribution in [3.05, 3.63) is 105 Å². The second-order valence-corrected chi connectivity index (χ2v) is 10.8. The Morgan fingerprint density at radius 1 is 0.875 bits per heavy atom. The van der Waals surface area contributed by atoms with E-state index in [-0.39, 0.29) is 19.1 Å². The first kappa shape index (κ1) is 28.0. The van der Waals surface area contributed by atoms with Gasteiger partial charge in [0.15, 0.2) is 0 Å². The lowest BCUT2D eigenvalue weighted by Gasteiger charge is -2.12. The van der Waals surface area contributed by atoms with E-state index in [0.29, 0.717) is 37.6 Å². The molecule has 0 spiro atoms. The lowest BCUT2D eigenvalue weighted by molar-refractivity contribution is 0.0526. The summed E-state index contributed by atoms with van der Waals surface area (Å²) >= 11 is 19.2. The Bertz CT molecular complexity index is 1690. The van der Waals surface area contributed by atoms with E-state index in [4.69, 9.17) is 48.8 Å². The van der Waals surface area contributed by atoms with Gasteiger partial charge in [-0.05, 0) is 71.3 Å². The van der Waals surface area contributed by atoms with Gasteiger partial charge in [0, 0.05) is 11.5 Å². The topological polar surface area (TPSA) is 61.6 Å². The maximum Gasteiger partial charge on any atom is 0.339 e. The lowest BCUT2D eigenvalue weighted by Crippen LogP contribution is -2.05. The minimum absolute atomic E-state index is 0.0911. The van der Waals surface area contributed by atoms with Crippen LogP contribution in [0, 0.1) is 0 Å². The standard InChI is InChI=1S/C32H26Cl3NO4/c1-4-38-32(37)24-16-22(11-13-26(24)33)19-8-9-21-15-23(12-10-20(21)14-19)39-17-25-30(36-40-31(25)18(2)3)29-27(34)6-5-7-28(29)35/h5-16,18H,4,17H2,1-3H3. The van der Waals surface area contributed by atoms with E-state index in [0.717, 1.165) is 33.2 Å². The van der Waals surface area contributed by atoms with Crippen LogP contribution in [-0.4, -0.2) is 17.7 Å². The third kappa shape index (κ3) is 5.68. The molecule has 0 amide bonds. The van der Waals surface area contributed by atoms with Gasteiger partial charge in [0.2, 0.25) is 0 Å². The van der Waals surface area contributed by atoms with Crippen LogP contribution in [0.15, 0.2) is 77.3 Å². The molecule has 0 atom stereocenters. The second-order valence-electron chi connectivity index (χ2n) is 9.55. The van der Waals surface area contributed by atoms with Crippen LogP contribution in [0.2, 0.25) is 15.1 Å². The Morgan fingerprint density at radius 2 is 1.55 bits per heavy atom. The van der Waals surface area contributed by atoms with Crippen molar-refractivity contribution in [3.8, 4) is 28.1 Å². The number of halogens is 3. The van der Waals surface area contributed by atoms with Crippen LogP contribution >= 0.6 is 34.8 Å². The average Bonchev–Trinajstić information content (AvgIpc) is 3.35. The fourth-order valence-electron chi connectivity index (χ4n) is 4.55. The van der Waals surface area contributed by atoms with Gasteiger partial charge in [0.1, 0.15) is 23.8 Å². The van der Waals surface area contributed by atoms with Crippen molar-refractivity contribution in [2.45, 2.75) is 33.3 Å². The number of benzene rings is 4. The van der Waals surface area contributed by atoms with E-state index >= 15 is 0 Å². The summed E-state index contributed by atoms with van der Waals surface area (Å²) < 4.78 is 17.1. The summed E-state index contributed by atoms with van der Waals surface area (Å²) in [5.74, 6) is 1.07. The van der Waals surface area contributed by atoms with Crippen molar-refractivity contribution in [3.63, 3.8) is 0 Å². The van der Waals surface area contributed by atoms with Gasteiger partial charge >= 0.3 is 5.97 Å². The Morgan fingerprint density at radius 3 is 2.27 bits per heavy atom. The van der Waals surface area contributed by atoms with Crippen molar-refractivity contribution >= 4 is 51.5 Å². The Hall–Kier alpha value is -3.51. The molecule has 5 nitrogen and oxygen atoms in total. The molecule has 1 aromatic heterocycles. The molecule has 8 heteroatoms. The summed E-state index contributed by atoms with van der Waals surface area (Å²) in [5, 5.41) is 7.68. The first-order chi connectivity index (χ1) is 19.3. The molecular weight excluding hydrogens is 569 g/mol. The maximum atomic E-state index is 12.3. The van der Waals surface area contributed by atoms with Crippen molar-refractivity contribution in [2.24, 2.45) is 0 Å². The van der Waals surface area contributed by atoms with Gasteiger partial charge < -0.3 is 14.0 Å². The van der Waals surface area contributed by atoms with E-state index in [9.17, 15) is 4.79 Å². The van der Waals surface area contributed by atoms with Gasteiger partial charge in [0.25, 0.3) is 0 Å². The van der Waals surface area contributed by atoms with Crippen LogP contribution in [0.1, 0.15) is 48.4 Å². The first-order valence-electron chi connectivity index (χ1n) is 12.8. The van der Waals surface area contributed by atoms with Crippen LogP contribution in [0.4, 0.5) is 0 Å². The van der Waals surface area contributed by atoms with Crippen LogP contribution < -0.4 is 4.74 Å². The molecule has 0 N–H and O–H groups in total. The highest BCUT2D eigenvalue weighted by Gasteiger charge is 2.24. The third-order valence-corrected chi connectivity index (χ3v) is 7.49. The minimum atomic E-state index is -0.439. The lowest BCUT2D eigenvalue weighted by atomic mass is 9.99. The van der Waals surface area contributed by atoms with Gasteiger partial charge in [-0.1, -0.05) is 84.1 Å². The molecule has 40 heavy (non-hydrogen) atoms. The van der Waals surface area contributed by atoms with Crippen molar-refractivity contribution in [1.29, 1.82) is 0 Å². The molecule has 0 aliphatic carbocycles. The number of ether oxygens (including phenoxy) is 2. The minimum Gasteiger partial charge on any atom is -0.489 e. The zero-order chi connectivity index (χ0) is 28.4. The number of nitrogens with zero attached hydrogens (tertiary/aromatic N) is 1. The molecular formula is C32H26Cl3NO4. The smallest absolute Gasteiger partial charge is 0.339 e. The number of hydrogen-bond acceptors (Lipinski definition) is 5. The van der Waals surface area contributed by atoms with E-state index < -0.39 is 5.97 Å². The number of aromatic nitrogens is 1. The summed E-state index contributed by atoms with van der Waals surface area (Å²) in [7, 11) is 0. The number of fused-ring (bicyclic) bond motifs is 1. The highest BCUT2D eigenvalue weighted by Crippen LogP contribution is 2.39. The van der Waals surface area contributed by atoms with Gasteiger partial charge in [0.05, 0.1) is 32.8 Å².